The minimum atomic E-state index is 0. The van der Waals surface area contributed by atoms with Crippen LogP contribution >= 0.6 is 0 Å². The zero-order chi connectivity index (χ0) is 0. The summed E-state index contributed by atoms with van der Waals surface area (Å²) in [6, 6.07) is 0. The zero-order valence-corrected chi connectivity index (χ0v) is 10.3. The van der Waals surface area contributed by atoms with E-state index in [1.54, 1.807) is 0 Å². The van der Waals surface area contributed by atoms with E-state index in [1.165, 1.54) is 0 Å². The smallest absolute Gasteiger partial charge is 0 e. The first-order valence-corrected chi connectivity index (χ1v) is 0. The molecule has 0 bridgehead atoms. The van der Waals surface area contributed by atoms with Gasteiger partial charge < -0.3 is 0 Å². The molecule has 0 fully saturated rings. The van der Waals surface area contributed by atoms with Crippen molar-refractivity contribution in [2.75, 3.05) is 0 Å². The van der Waals surface area contributed by atoms with Gasteiger partial charge in [-0.2, -0.15) is 0 Å². The Bertz CT molecular complexity index is 8.00. The van der Waals surface area contributed by atoms with E-state index in [-0.39, 0.29) is 104 Å². The first-order valence-electron chi connectivity index (χ1n) is 0. The van der Waals surface area contributed by atoms with E-state index in [0.29, 0.717) is 0 Å². The van der Waals surface area contributed by atoms with E-state index in [2.05, 4.69) is 0 Å². The quantitative estimate of drug-likeness (QED) is 0.404. The van der Waals surface area contributed by atoms with Crippen LogP contribution in [0.5, 0.6) is 0 Å². The molecule has 0 aliphatic heterocycles. The predicted octanol–water partition coefficient (Wildman–Crippen LogP) is -2.37. The molecule has 0 aromatic heterocycles. The molecule has 23 valence electrons. The van der Waals surface area contributed by atoms with E-state index in [0.717, 1.165) is 0 Å². The van der Waals surface area contributed by atoms with Gasteiger partial charge in [0.2, 0.25) is 0 Å². The van der Waals surface area contributed by atoms with Crippen LogP contribution in [0.15, 0.2) is 0 Å². The molecule has 0 nitrogen and oxygen atoms in total. The van der Waals surface area contributed by atoms with Gasteiger partial charge in [0, 0.05) is 59.4 Å². The minimum Gasteiger partial charge on any atom is 0 e. The Morgan fingerprint density at radius 1 is 1.00 bits per heavy atom. The third-order valence-electron chi connectivity index (χ3n) is 0. The summed E-state index contributed by atoms with van der Waals surface area (Å²) in [5.41, 5.74) is 0. The molecular formula is H6GaNdSbV. The molecule has 0 aromatic carbocycles. The Balaban J connectivity index is 0. The summed E-state index contributed by atoms with van der Waals surface area (Å²) in [6.45, 7) is 0. The summed E-state index contributed by atoms with van der Waals surface area (Å²) < 4.78 is 0. The van der Waals surface area contributed by atoms with Gasteiger partial charge in [0.25, 0.3) is 0 Å². The van der Waals surface area contributed by atoms with E-state index in [4.69, 9.17) is 0 Å². The van der Waals surface area contributed by atoms with Crippen molar-refractivity contribution in [3.8, 4) is 0 Å². The monoisotopic (exact) mass is 389 g/mol. The number of hydrogen-bond acceptors (Lipinski definition) is 0. The van der Waals surface area contributed by atoms with Gasteiger partial charge in [-0.1, -0.05) is 0 Å². The van der Waals surface area contributed by atoms with Gasteiger partial charge in [-0.05, 0) is 0 Å². The molecule has 0 saturated heterocycles. The van der Waals surface area contributed by atoms with Crippen molar-refractivity contribution in [2.24, 2.45) is 0 Å². The van der Waals surface area contributed by atoms with E-state index in [1.807, 2.05) is 0 Å². The van der Waals surface area contributed by atoms with Crippen LogP contribution < -0.4 is 0 Å². The van der Waals surface area contributed by atoms with Crippen LogP contribution in [-0.2, 0) is 18.6 Å². The Kier molecular flexibility index (Phi) is 106. The molecule has 0 unspecified atom stereocenters. The van der Waals surface area contributed by atoms with E-state index < -0.39 is 0 Å². The van der Waals surface area contributed by atoms with Crippen molar-refractivity contribution in [1.29, 1.82) is 0 Å². The van der Waals surface area contributed by atoms with Crippen LogP contribution in [0.4, 0.5) is 0 Å². The Labute approximate surface area is 101 Å². The first-order chi connectivity index (χ1) is 0. The zero-order valence-electron chi connectivity index (χ0n) is 1.65. The molecule has 0 aliphatic rings. The van der Waals surface area contributed by atoms with Crippen molar-refractivity contribution < 1.29 is 59.4 Å². The summed E-state index contributed by atoms with van der Waals surface area (Å²) in [5.74, 6) is 0. The van der Waals surface area contributed by atoms with Gasteiger partial charge in [0.15, 0.2) is 0 Å². The van der Waals surface area contributed by atoms with Crippen LogP contribution in [0.2, 0.25) is 0 Å². The van der Waals surface area contributed by atoms with Crippen molar-refractivity contribution in [2.45, 2.75) is 0 Å². The molecule has 0 aliphatic carbocycles. The molecule has 4 heteroatoms. The van der Waals surface area contributed by atoms with Crippen molar-refractivity contribution in [3.05, 3.63) is 0 Å². The summed E-state index contributed by atoms with van der Waals surface area (Å²) in [4.78, 5) is 0. The number of rotatable bonds is 0. The van der Waals surface area contributed by atoms with Crippen molar-refractivity contribution >= 4 is 44.2 Å². The third-order valence-corrected chi connectivity index (χ3v) is 0. The third kappa shape index (κ3) is 9.04. The Morgan fingerprint density at radius 2 is 1.00 bits per heavy atom. The second kappa shape index (κ2) is 16.2. The average Bonchev–Trinajstić information content (AvgIpc) is 0. The molecule has 0 aromatic rings. The van der Waals surface area contributed by atoms with Crippen LogP contribution in [0.25, 0.3) is 0 Å². The molecule has 0 atom stereocenters. The molecular weight excluding hydrogens is 387 g/mol. The van der Waals surface area contributed by atoms with Gasteiger partial charge in [-0.25, -0.2) is 0 Å². The summed E-state index contributed by atoms with van der Waals surface area (Å²) in [5, 5.41) is 0. The van der Waals surface area contributed by atoms with Gasteiger partial charge in [-0.3, -0.25) is 0 Å². The molecule has 4 heavy (non-hydrogen) atoms. The maximum atomic E-state index is 0. The van der Waals surface area contributed by atoms with E-state index >= 15 is 0 Å². The molecule has 0 saturated carbocycles. The molecule has 0 heterocycles. The first kappa shape index (κ1) is 26.3. The summed E-state index contributed by atoms with van der Waals surface area (Å²) >= 11 is 0. The fourth-order valence-electron chi connectivity index (χ4n) is 0. The second-order valence-electron chi connectivity index (χ2n) is 0. The molecule has 0 spiro atoms. The van der Waals surface area contributed by atoms with Gasteiger partial charge in [-0.15, -0.1) is 0 Å². The second-order valence-corrected chi connectivity index (χ2v) is 0. The minimum absolute atomic E-state index is 0. The Hall–Kier alpha value is 3.39. The largest absolute Gasteiger partial charge is 0 e. The van der Waals surface area contributed by atoms with Crippen LogP contribution in [0, 0.1) is 40.8 Å². The fraction of sp³-hybridized carbons (Fsp3) is 0. The van der Waals surface area contributed by atoms with Crippen molar-refractivity contribution in [3.63, 3.8) is 0 Å². The summed E-state index contributed by atoms with van der Waals surface area (Å²) in [6.07, 6.45) is 0. The van der Waals surface area contributed by atoms with Gasteiger partial charge >= 0.3 is 44.2 Å². The topological polar surface area (TPSA) is 0 Å². The maximum Gasteiger partial charge on any atom is 0 e. The summed E-state index contributed by atoms with van der Waals surface area (Å²) in [7, 11) is 0. The van der Waals surface area contributed by atoms with Crippen LogP contribution in [-0.4, -0.2) is 44.2 Å². The maximum absolute atomic E-state index is 0. The van der Waals surface area contributed by atoms with Crippen LogP contribution in [0.1, 0.15) is 0 Å². The van der Waals surface area contributed by atoms with E-state index in [9.17, 15) is 0 Å². The van der Waals surface area contributed by atoms with Crippen LogP contribution in [0.3, 0.4) is 0 Å². The van der Waals surface area contributed by atoms with Gasteiger partial charge in [0.1, 0.15) is 0 Å². The number of hydrogen-bond donors (Lipinski definition) is 0. The molecule has 0 amide bonds. The molecule has 1 radical (unpaired) electrons. The van der Waals surface area contributed by atoms with Crippen molar-refractivity contribution in [1.82, 2.24) is 0 Å². The molecule has 0 rings (SSSR count). The Morgan fingerprint density at radius 3 is 1.00 bits per heavy atom. The SMILES string of the molecule is [GaH3].[Nd].[SbH3].[V]. The normalized spacial score (nSPS) is 0. The standard InChI is InChI=1S/Ga.Nd.Sb.V.6H. The predicted molar refractivity (Wildman–Crippen MR) is 19.9 cm³/mol. The molecule has 0 N–H and O–H groups in total. The fourth-order valence-corrected chi connectivity index (χ4v) is 0. The average molecular weight is 393 g/mol. The van der Waals surface area contributed by atoms with Gasteiger partial charge in [0.05, 0.1) is 0 Å².